The van der Waals surface area contributed by atoms with E-state index < -0.39 is 0 Å². The van der Waals surface area contributed by atoms with Crippen molar-refractivity contribution in [3.63, 3.8) is 0 Å². The topological polar surface area (TPSA) is 91.4 Å². The van der Waals surface area contributed by atoms with E-state index in [1.165, 1.54) is 12.2 Å². The Balaban J connectivity index is 0.817. The molecule has 0 atom stereocenters. The van der Waals surface area contributed by atoms with Crippen molar-refractivity contribution in [2.75, 3.05) is 31.3 Å². The van der Waals surface area contributed by atoms with Crippen LogP contribution in [0.1, 0.15) is 41.6 Å². The van der Waals surface area contributed by atoms with Gasteiger partial charge in [-0.3, -0.25) is 14.4 Å². The Morgan fingerprint density at radius 3 is 1.42 bits per heavy atom. The third kappa shape index (κ3) is 10.8. The lowest BCUT2D eigenvalue weighted by atomic mass is 10.1. The second kappa shape index (κ2) is 18.7. The van der Waals surface area contributed by atoms with Crippen LogP contribution in [0.4, 0.5) is 5.69 Å². The number of nitrogens with zero attached hydrogens (tertiary/aromatic N) is 1. The SMILES string of the molecule is O=C(/C=C/c1ccc(OCCOc2ccc(-c3ccc(OCCCCCCOc4ccc(N5C(=O)C=CC5=O)cc4)cc3)cc2)cc1)c1ccccc1. The van der Waals surface area contributed by atoms with Gasteiger partial charge >= 0.3 is 0 Å². The molecular weight excluding hydrogens is 666 g/mol. The van der Waals surface area contributed by atoms with Crippen molar-refractivity contribution in [1.82, 2.24) is 0 Å². The molecule has 0 unspecified atom stereocenters. The highest BCUT2D eigenvalue weighted by molar-refractivity contribution is 6.28. The minimum Gasteiger partial charge on any atom is -0.494 e. The lowest BCUT2D eigenvalue weighted by molar-refractivity contribution is -0.120. The summed E-state index contributed by atoms with van der Waals surface area (Å²) in [5.74, 6) is 2.37. The fraction of sp³-hybridized carbons (Fsp3) is 0.178. The Morgan fingerprint density at radius 1 is 0.491 bits per heavy atom. The third-order valence-electron chi connectivity index (χ3n) is 8.51. The number of imide groups is 1. The van der Waals surface area contributed by atoms with Gasteiger partial charge in [-0.25, -0.2) is 4.90 Å². The largest absolute Gasteiger partial charge is 0.494 e. The van der Waals surface area contributed by atoms with E-state index in [2.05, 4.69) is 12.1 Å². The maximum atomic E-state index is 12.3. The number of benzene rings is 5. The van der Waals surface area contributed by atoms with Crippen LogP contribution in [0.5, 0.6) is 23.0 Å². The molecule has 53 heavy (non-hydrogen) atoms. The van der Waals surface area contributed by atoms with Crippen LogP contribution in [-0.4, -0.2) is 44.0 Å². The molecule has 0 aliphatic carbocycles. The molecule has 8 heteroatoms. The summed E-state index contributed by atoms with van der Waals surface area (Å²) in [6.07, 6.45) is 9.87. The number of amides is 2. The van der Waals surface area contributed by atoms with Gasteiger partial charge in [-0.05, 0) is 109 Å². The summed E-state index contributed by atoms with van der Waals surface area (Å²) in [6, 6.07) is 39.9. The zero-order chi connectivity index (χ0) is 36.7. The molecule has 1 aliphatic rings. The summed E-state index contributed by atoms with van der Waals surface area (Å²) >= 11 is 0. The molecule has 5 aromatic carbocycles. The number of hydrogen-bond acceptors (Lipinski definition) is 7. The smallest absolute Gasteiger partial charge is 0.258 e. The fourth-order valence-corrected chi connectivity index (χ4v) is 5.64. The van der Waals surface area contributed by atoms with E-state index in [0.717, 1.165) is 64.5 Å². The van der Waals surface area contributed by atoms with Gasteiger partial charge in [0.05, 0.1) is 18.9 Å². The van der Waals surface area contributed by atoms with Gasteiger partial charge in [-0.15, -0.1) is 0 Å². The van der Waals surface area contributed by atoms with E-state index in [-0.39, 0.29) is 17.6 Å². The van der Waals surface area contributed by atoms with Gasteiger partial charge in [0.1, 0.15) is 36.2 Å². The summed E-state index contributed by atoms with van der Waals surface area (Å²) < 4.78 is 23.5. The minimum atomic E-state index is -0.331. The molecular formula is C45H41NO7. The Kier molecular flexibility index (Phi) is 12.8. The number of unbranched alkanes of at least 4 members (excludes halogenated alkanes) is 3. The molecule has 0 radical (unpaired) electrons. The van der Waals surface area contributed by atoms with Gasteiger partial charge in [0.2, 0.25) is 0 Å². The highest BCUT2D eigenvalue weighted by Crippen LogP contribution is 2.26. The van der Waals surface area contributed by atoms with Gasteiger partial charge in [0.15, 0.2) is 5.78 Å². The first-order chi connectivity index (χ1) is 26.0. The van der Waals surface area contributed by atoms with Crippen LogP contribution in [0.25, 0.3) is 17.2 Å². The monoisotopic (exact) mass is 707 g/mol. The lowest BCUT2D eigenvalue weighted by Gasteiger charge is -2.14. The zero-order valence-corrected chi connectivity index (χ0v) is 29.4. The molecule has 8 nitrogen and oxygen atoms in total. The predicted octanol–water partition coefficient (Wildman–Crippen LogP) is 9.16. The minimum absolute atomic E-state index is 0.0300. The third-order valence-corrected chi connectivity index (χ3v) is 8.51. The summed E-state index contributed by atoms with van der Waals surface area (Å²) in [4.78, 5) is 37.0. The van der Waals surface area contributed by atoms with Crippen LogP contribution in [0, 0.1) is 0 Å². The average molecular weight is 708 g/mol. The zero-order valence-electron chi connectivity index (χ0n) is 29.4. The number of anilines is 1. The van der Waals surface area contributed by atoms with Gasteiger partial charge in [0, 0.05) is 17.7 Å². The molecule has 268 valence electrons. The number of allylic oxidation sites excluding steroid dienone is 1. The first-order valence-electron chi connectivity index (χ1n) is 17.8. The van der Waals surface area contributed by atoms with E-state index in [0.29, 0.717) is 43.4 Å². The Morgan fingerprint density at radius 2 is 0.925 bits per heavy atom. The highest BCUT2D eigenvalue weighted by Gasteiger charge is 2.24. The van der Waals surface area contributed by atoms with Crippen molar-refractivity contribution in [3.8, 4) is 34.1 Å². The molecule has 0 aromatic heterocycles. The number of hydrogen-bond donors (Lipinski definition) is 0. The molecule has 0 saturated carbocycles. The van der Waals surface area contributed by atoms with Crippen molar-refractivity contribution in [1.29, 1.82) is 0 Å². The van der Waals surface area contributed by atoms with E-state index in [1.807, 2.05) is 78.9 Å². The average Bonchev–Trinajstić information content (AvgIpc) is 3.55. The van der Waals surface area contributed by atoms with Crippen LogP contribution in [-0.2, 0) is 9.59 Å². The van der Waals surface area contributed by atoms with Crippen molar-refractivity contribution in [2.45, 2.75) is 25.7 Å². The Labute approximate surface area is 309 Å². The summed E-state index contributed by atoms with van der Waals surface area (Å²) in [6.45, 7) is 2.07. The number of carbonyl (C=O) groups is 3. The fourth-order valence-electron chi connectivity index (χ4n) is 5.64. The first-order valence-corrected chi connectivity index (χ1v) is 17.8. The summed E-state index contributed by atoms with van der Waals surface area (Å²) in [5.41, 5.74) is 4.31. The van der Waals surface area contributed by atoms with Crippen molar-refractivity contribution in [2.24, 2.45) is 0 Å². The van der Waals surface area contributed by atoms with Crippen molar-refractivity contribution in [3.05, 3.63) is 157 Å². The van der Waals surface area contributed by atoms with Crippen molar-refractivity contribution >= 4 is 29.4 Å². The van der Waals surface area contributed by atoms with Gasteiger partial charge in [-0.2, -0.15) is 0 Å². The summed E-state index contributed by atoms with van der Waals surface area (Å²) in [7, 11) is 0. The molecule has 6 rings (SSSR count). The number of ether oxygens (including phenoxy) is 4. The van der Waals surface area contributed by atoms with Crippen LogP contribution in [0.3, 0.4) is 0 Å². The standard InChI is InChI=1S/C45H41NO7/c47-43(37-8-4-3-5-9-37)27-12-34-10-19-39(20-11-34)52-32-33-53-41-23-15-36(16-24-41)35-13-21-40(22-14-35)50-30-6-1-2-7-31-51-42-25-17-38(18-26-42)46-44(48)28-29-45(46)49/h3-5,8-29H,1-2,6-7,30-33H2/b27-12+. The van der Waals surface area contributed by atoms with Gasteiger partial charge < -0.3 is 18.9 Å². The van der Waals surface area contributed by atoms with Crippen LogP contribution in [0.15, 0.2) is 146 Å². The summed E-state index contributed by atoms with van der Waals surface area (Å²) in [5, 5.41) is 0. The maximum absolute atomic E-state index is 12.3. The first kappa shape index (κ1) is 36.4. The number of ketones is 1. The Hall–Kier alpha value is -6.41. The molecule has 0 fully saturated rings. The van der Waals surface area contributed by atoms with Crippen LogP contribution in [0.2, 0.25) is 0 Å². The van der Waals surface area contributed by atoms with Crippen molar-refractivity contribution < 1.29 is 33.3 Å². The second-order valence-electron chi connectivity index (χ2n) is 12.3. The second-order valence-corrected chi connectivity index (χ2v) is 12.3. The van der Waals surface area contributed by atoms with Gasteiger partial charge in [-0.1, -0.05) is 72.8 Å². The molecule has 1 aliphatic heterocycles. The lowest BCUT2D eigenvalue weighted by Crippen LogP contribution is -2.29. The van der Waals surface area contributed by atoms with E-state index in [4.69, 9.17) is 18.9 Å². The predicted molar refractivity (Wildman–Crippen MR) is 207 cm³/mol. The van der Waals surface area contributed by atoms with Crippen LogP contribution < -0.4 is 23.8 Å². The molecule has 0 N–H and O–H groups in total. The number of rotatable bonds is 19. The van der Waals surface area contributed by atoms with Gasteiger partial charge in [0.25, 0.3) is 11.8 Å². The molecule has 0 spiro atoms. The quantitative estimate of drug-likeness (QED) is 0.0366. The molecule has 2 amide bonds. The maximum Gasteiger partial charge on any atom is 0.258 e. The molecule has 0 bridgehead atoms. The Bertz CT molecular complexity index is 1980. The molecule has 1 heterocycles. The number of carbonyl (C=O) groups excluding carboxylic acids is 3. The van der Waals surface area contributed by atoms with E-state index in [1.54, 1.807) is 48.6 Å². The van der Waals surface area contributed by atoms with E-state index >= 15 is 0 Å². The normalized spacial score (nSPS) is 12.3. The van der Waals surface area contributed by atoms with E-state index in [9.17, 15) is 14.4 Å². The molecule has 5 aromatic rings. The molecule has 0 saturated heterocycles. The van der Waals surface area contributed by atoms with Crippen LogP contribution >= 0.6 is 0 Å². The highest BCUT2D eigenvalue weighted by atomic mass is 16.5.